The van der Waals surface area contributed by atoms with E-state index in [4.69, 9.17) is 5.11 Å². The van der Waals surface area contributed by atoms with E-state index in [9.17, 15) is 9.59 Å². The van der Waals surface area contributed by atoms with Gasteiger partial charge in [0.25, 0.3) is 5.91 Å². The van der Waals surface area contributed by atoms with Gasteiger partial charge in [0.15, 0.2) is 5.17 Å². The zero-order valence-corrected chi connectivity index (χ0v) is 15.8. The number of aromatic nitrogens is 3. The Kier molecular flexibility index (Phi) is 5.21. The lowest BCUT2D eigenvalue weighted by Gasteiger charge is -2.05. The van der Waals surface area contributed by atoms with E-state index in [1.54, 1.807) is 41.4 Å². The first-order chi connectivity index (χ1) is 14.1. The summed E-state index contributed by atoms with van der Waals surface area (Å²) in [6, 6.07) is 14.6. The number of aliphatic carboxylic acids is 1. The summed E-state index contributed by atoms with van der Waals surface area (Å²) in [6.07, 6.45) is 4.81. The lowest BCUT2D eigenvalue weighted by molar-refractivity contribution is -0.136. The number of carboxylic acids is 1. The molecule has 29 heavy (non-hydrogen) atoms. The van der Waals surface area contributed by atoms with Crippen molar-refractivity contribution in [1.82, 2.24) is 14.8 Å². The molecule has 1 amide bonds. The molecule has 144 valence electrons. The topological polar surface area (TPSA) is 109 Å². The number of carbonyl (C=O) groups is 2. The Labute approximate surface area is 170 Å². The molecule has 0 unspecified atom stereocenters. The molecule has 0 fully saturated rings. The van der Waals surface area contributed by atoms with E-state index < -0.39 is 5.97 Å². The number of thioether (sulfide) groups is 1. The van der Waals surface area contributed by atoms with Crippen molar-refractivity contribution in [1.29, 1.82) is 0 Å². The highest BCUT2D eigenvalue weighted by molar-refractivity contribution is 8.18. The Balaban J connectivity index is 1.45. The zero-order chi connectivity index (χ0) is 20.2. The number of nitrogens with one attached hydrogen (secondary N) is 1. The van der Waals surface area contributed by atoms with Gasteiger partial charge in [0.05, 0.1) is 17.0 Å². The summed E-state index contributed by atoms with van der Waals surface area (Å²) >= 11 is 1.25. The van der Waals surface area contributed by atoms with E-state index in [1.807, 2.05) is 24.3 Å². The first kappa shape index (κ1) is 18.6. The van der Waals surface area contributed by atoms with Crippen LogP contribution in [0.4, 0.5) is 5.69 Å². The van der Waals surface area contributed by atoms with E-state index in [2.05, 4.69) is 20.4 Å². The Hall–Kier alpha value is -3.72. The van der Waals surface area contributed by atoms with Gasteiger partial charge in [0, 0.05) is 5.69 Å². The normalized spacial score (nSPS) is 14.8. The van der Waals surface area contributed by atoms with Gasteiger partial charge in [0.2, 0.25) is 0 Å². The molecule has 0 saturated heterocycles. The number of rotatable bonds is 5. The van der Waals surface area contributed by atoms with Gasteiger partial charge in [-0.1, -0.05) is 24.3 Å². The van der Waals surface area contributed by atoms with E-state index in [0.29, 0.717) is 15.6 Å². The molecule has 3 aromatic rings. The third-order valence-corrected chi connectivity index (χ3v) is 4.93. The molecule has 0 saturated carbocycles. The van der Waals surface area contributed by atoms with Crippen molar-refractivity contribution in [2.24, 2.45) is 4.99 Å². The molecule has 9 heteroatoms. The lowest BCUT2D eigenvalue weighted by atomic mass is 10.1. The van der Waals surface area contributed by atoms with Crippen LogP contribution < -0.4 is 5.32 Å². The predicted molar refractivity (Wildman–Crippen MR) is 111 cm³/mol. The summed E-state index contributed by atoms with van der Waals surface area (Å²) in [5.41, 5.74) is 3.12. The number of nitrogens with zero attached hydrogens (tertiary/aromatic N) is 4. The van der Waals surface area contributed by atoms with Crippen LogP contribution in [0.3, 0.4) is 0 Å². The van der Waals surface area contributed by atoms with Crippen LogP contribution in [0.5, 0.6) is 0 Å². The van der Waals surface area contributed by atoms with Crippen molar-refractivity contribution in [3.05, 3.63) is 77.2 Å². The van der Waals surface area contributed by atoms with Crippen molar-refractivity contribution in [3.63, 3.8) is 0 Å². The maximum atomic E-state index is 12.3. The highest BCUT2D eigenvalue weighted by atomic mass is 32.2. The van der Waals surface area contributed by atoms with E-state index in [1.165, 1.54) is 18.1 Å². The second kappa shape index (κ2) is 8.11. The molecule has 0 aliphatic carbocycles. The first-order valence-corrected chi connectivity index (χ1v) is 9.44. The van der Waals surface area contributed by atoms with Crippen LogP contribution in [-0.4, -0.2) is 36.9 Å². The molecule has 2 heterocycles. The molecule has 0 atom stereocenters. The van der Waals surface area contributed by atoms with Crippen molar-refractivity contribution in [3.8, 4) is 5.69 Å². The number of carbonyl (C=O) groups excluding carboxylic acids is 1. The quantitative estimate of drug-likeness (QED) is 0.628. The number of aliphatic imine (C=N–C) groups is 1. The minimum Gasteiger partial charge on any atom is -0.481 e. The Morgan fingerprint density at radius 2 is 2.03 bits per heavy atom. The number of hydrogen-bond acceptors (Lipinski definition) is 6. The largest absolute Gasteiger partial charge is 0.481 e. The van der Waals surface area contributed by atoms with Gasteiger partial charge in [-0.2, -0.15) is 10.1 Å². The molecule has 4 rings (SSSR count). The number of hydrogen-bond donors (Lipinski definition) is 2. The number of anilines is 1. The van der Waals surface area contributed by atoms with Crippen LogP contribution in [0.2, 0.25) is 0 Å². The highest BCUT2D eigenvalue weighted by Crippen LogP contribution is 2.29. The molecule has 1 aliphatic heterocycles. The summed E-state index contributed by atoms with van der Waals surface area (Å²) in [6.45, 7) is 0. The van der Waals surface area contributed by atoms with E-state index in [-0.39, 0.29) is 12.3 Å². The summed E-state index contributed by atoms with van der Waals surface area (Å²) in [4.78, 5) is 31.5. The van der Waals surface area contributed by atoms with Crippen molar-refractivity contribution in [2.75, 3.05) is 5.32 Å². The van der Waals surface area contributed by atoms with Gasteiger partial charge in [-0.25, -0.2) is 9.67 Å². The van der Waals surface area contributed by atoms with Crippen LogP contribution >= 0.6 is 11.8 Å². The maximum absolute atomic E-state index is 12.3. The fourth-order valence-corrected chi connectivity index (χ4v) is 3.55. The van der Waals surface area contributed by atoms with Gasteiger partial charge in [-0.3, -0.25) is 9.59 Å². The lowest BCUT2D eigenvalue weighted by Crippen LogP contribution is -2.05. The summed E-state index contributed by atoms with van der Waals surface area (Å²) in [5.74, 6) is -1.19. The maximum Gasteiger partial charge on any atom is 0.307 e. The molecular weight excluding hydrogens is 390 g/mol. The molecular formula is C20H15N5O3S. The van der Waals surface area contributed by atoms with Crippen molar-refractivity contribution >= 4 is 40.6 Å². The van der Waals surface area contributed by atoms with Crippen LogP contribution in [0.1, 0.15) is 11.1 Å². The van der Waals surface area contributed by atoms with Gasteiger partial charge < -0.3 is 10.4 Å². The summed E-state index contributed by atoms with van der Waals surface area (Å²) in [7, 11) is 0. The number of amides is 1. The van der Waals surface area contributed by atoms with Crippen LogP contribution in [0.15, 0.2) is 71.1 Å². The van der Waals surface area contributed by atoms with Crippen LogP contribution in [-0.2, 0) is 16.0 Å². The SMILES string of the molecule is O=C(O)Cc1ccc(NC2=NC(=O)C(=Cc3cccc(-n4cncn4)c3)S2)cc1. The van der Waals surface area contributed by atoms with Gasteiger partial charge >= 0.3 is 5.97 Å². The van der Waals surface area contributed by atoms with Crippen LogP contribution in [0, 0.1) is 0 Å². The Morgan fingerprint density at radius 1 is 1.21 bits per heavy atom. The Morgan fingerprint density at radius 3 is 2.76 bits per heavy atom. The number of amidine groups is 1. The second-order valence-corrected chi connectivity index (χ2v) is 7.19. The van der Waals surface area contributed by atoms with Crippen molar-refractivity contribution < 1.29 is 14.7 Å². The fourth-order valence-electron chi connectivity index (χ4n) is 2.72. The molecule has 1 aromatic heterocycles. The molecule has 0 radical (unpaired) electrons. The molecule has 0 spiro atoms. The summed E-state index contributed by atoms with van der Waals surface area (Å²) < 4.78 is 1.64. The average Bonchev–Trinajstić information content (AvgIpc) is 3.34. The molecule has 8 nitrogen and oxygen atoms in total. The summed E-state index contributed by atoms with van der Waals surface area (Å²) in [5, 5.41) is 16.5. The fraction of sp³-hybridized carbons (Fsp3) is 0.0500. The van der Waals surface area contributed by atoms with E-state index >= 15 is 0 Å². The average molecular weight is 405 g/mol. The predicted octanol–water partition coefficient (Wildman–Crippen LogP) is 2.98. The third-order valence-electron chi connectivity index (χ3n) is 4.03. The molecule has 1 aliphatic rings. The van der Waals surface area contributed by atoms with Gasteiger partial charge in [0.1, 0.15) is 12.7 Å². The highest BCUT2D eigenvalue weighted by Gasteiger charge is 2.22. The zero-order valence-electron chi connectivity index (χ0n) is 15.0. The second-order valence-electron chi connectivity index (χ2n) is 6.16. The number of carboxylic acid groups (broad SMARTS) is 1. The smallest absolute Gasteiger partial charge is 0.307 e. The van der Waals surface area contributed by atoms with Crippen LogP contribution in [0.25, 0.3) is 11.8 Å². The Bertz CT molecular complexity index is 1120. The standard InChI is InChI=1S/C20H15N5O3S/c26-18(27)10-13-4-6-15(7-5-13)23-20-24-19(28)17(29-20)9-14-2-1-3-16(8-14)25-12-21-11-22-25/h1-9,11-12H,10H2,(H,26,27)(H,23,24,28). The monoisotopic (exact) mass is 405 g/mol. The minimum absolute atomic E-state index is 0.0327. The van der Waals surface area contributed by atoms with Gasteiger partial charge in [-0.05, 0) is 53.2 Å². The molecule has 2 aromatic carbocycles. The number of benzene rings is 2. The third kappa shape index (κ3) is 4.58. The van der Waals surface area contributed by atoms with E-state index in [0.717, 1.165) is 16.9 Å². The molecule has 2 N–H and O–H groups in total. The molecule has 0 bridgehead atoms. The first-order valence-electron chi connectivity index (χ1n) is 8.62. The van der Waals surface area contributed by atoms with Gasteiger partial charge in [-0.15, -0.1) is 0 Å². The van der Waals surface area contributed by atoms with Crippen molar-refractivity contribution in [2.45, 2.75) is 6.42 Å². The minimum atomic E-state index is -0.880.